The Morgan fingerprint density at radius 1 is 1.19 bits per heavy atom. The van der Waals surface area contributed by atoms with Gasteiger partial charge in [-0.2, -0.15) is 10.5 Å². The van der Waals surface area contributed by atoms with Crippen molar-refractivity contribution in [3.8, 4) is 17.9 Å². The Kier molecular flexibility index (Phi) is 5.63. The van der Waals surface area contributed by atoms with Crippen LogP contribution >= 0.6 is 11.3 Å². The predicted molar refractivity (Wildman–Crippen MR) is 83.1 cm³/mol. The summed E-state index contributed by atoms with van der Waals surface area (Å²) in [6, 6.07) is 15.8. The number of rotatable bonds is 7. The molecule has 0 amide bonds. The minimum absolute atomic E-state index is 0.511. The summed E-state index contributed by atoms with van der Waals surface area (Å²) in [5.41, 5.74) is 0.972. The van der Waals surface area contributed by atoms with E-state index in [2.05, 4.69) is 17.5 Å². The van der Waals surface area contributed by atoms with Crippen molar-refractivity contribution in [2.75, 3.05) is 11.9 Å². The van der Waals surface area contributed by atoms with Gasteiger partial charge >= 0.3 is 0 Å². The van der Waals surface area contributed by atoms with Crippen molar-refractivity contribution in [3.05, 3.63) is 46.2 Å². The molecule has 1 N–H and O–H groups in total. The molecule has 4 nitrogen and oxygen atoms in total. The van der Waals surface area contributed by atoms with Gasteiger partial charge in [0.2, 0.25) is 0 Å². The van der Waals surface area contributed by atoms with Crippen molar-refractivity contribution in [2.24, 2.45) is 0 Å². The molecular weight excluding hydrogens is 282 g/mol. The highest BCUT2D eigenvalue weighted by Crippen LogP contribution is 2.20. The van der Waals surface area contributed by atoms with Crippen LogP contribution in [0, 0.1) is 22.7 Å². The van der Waals surface area contributed by atoms with Crippen molar-refractivity contribution in [2.45, 2.75) is 19.4 Å². The van der Waals surface area contributed by atoms with Crippen LogP contribution in [0.5, 0.6) is 5.75 Å². The molecule has 0 aliphatic rings. The van der Waals surface area contributed by atoms with Gasteiger partial charge in [-0.3, -0.25) is 0 Å². The first-order valence-corrected chi connectivity index (χ1v) is 7.46. The maximum atomic E-state index is 8.80. The normalized spacial score (nSPS) is 9.62. The molecule has 0 saturated carbocycles. The molecule has 1 heterocycles. The fraction of sp³-hybridized carbons (Fsp3) is 0.250. The number of nitriles is 2. The average molecular weight is 297 g/mol. The van der Waals surface area contributed by atoms with E-state index < -0.39 is 0 Å². The highest BCUT2D eigenvalue weighted by atomic mass is 32.1. The molecule has 0 aliphatic carbocycles. The Morgan fingerprint density at radius 3 is 2.86 bits per heavy atom. The summed E-state index contributed by atoms with van der Waals surface area (Å²) in [7, 11) is 0. The quantitative estimate of drug-likeness (QED) is 0.787. The van der Waals surface area contributed by atoms with Crippen LogP contribution in [0.1, 0.15) is 22.6 Å². The third kappa shape index (κ3) is 4.83. The van der Waals surface area contributed by atoms with Gasteiger partial charge in [-0.15, -0.1) is 11.3 Å². The molecule has 0 saturated heterocycles. The summed E-state index contributed by atoms with van der Waals surface area (Å²) < 4.78 is 5.59. The van der Waals surface area contributed by atoms with Crippen molar-refractivity contribution < 1.29 is 4.74 Å². The van der Waals surface area contributed by atoms with E-state index in [1.165, 1.54) is 11.3 Å². The molecule has 0 bridgehead atoms. The Bertz CT molecular complexity index is 667. The average Bonchev–Trinajstić information content (AvgIpc) is 2.98. The smallest absolute Gasteiger partial charge is 0.121 e. The van der Waals surface area contributed by atoms with E-state index in [9.17, 15) is 0 Å². The lowest BCUT2D eigenvalue weighted by molar-refractivity contribution is 0.313. The Balaban J connectivity index is 1.86. The molecule has 1 aromatic heterocycles. The van der Waals surface area contributed by atoms with Gasteiger partial charge in [-0.1, -0.05) is 6.07 Å². The van der Waals surface area contributed by atoms with E-state index in [4.69, 9.17) is 15.3 Å². The number of nitrogens with one attached hydrogen (secondary N) is 1. The molecule has 0 fully saturated rings. The first kappa shape index (κ1) is 14.9. The minimum atomic E-state index is 0.511. The second-order valence-electron chi connectivity index (χ2n) is 4.37. The monoisotopic (exact) mass is 297 g/mol. The molecule has 0 unspecified atom stereocenters. The van der Waals surface area contributed by atoms with Crippen LogP contribution in [-0.2, 0) is 6.54 Å². The number of ether oxygens (including phenoxy) is 1. The van der Waals surface area contributed by atoms with Crippen LogP contribution < -0.4 is 10.1 Å². The Labute approximate surface area is 128 Å². The predicted octanol–water partition coefficient (Wildman–Crippen LogP) is 3.91. The van der Waals surface area contributed by atoms with Crippen LogP contribution in [0.15, 0.2) is 36.4 Å². The van der Waals surface area contributed by atoms with E-state index in [0.29, 0.717) is 19.6 Å². The second kappa shape index (κ2) is 7.94. The van der Waals surface area contributed by atoms with Crippen molar-refractivity contribution in [3.63, 3.8) is 0 Å². The van der Waals surface area contributed by atoms with E-state index in [1.807, 2.05) is 36.4 Å². The van der Waals surface area contributed by atoms with Gasteiger partial charge in [0.05, 0.1) is 12.7 Å². The number of thiophene rings is 1. The molecule has 0 aliphatic heterocycles. The zero-order valence-electron chi connectivity index (χ0n) is 11.5. The number of nitrogens with zero attached hydrogens (tertiary/aromatic N) is 2. The molecular formula is C16H15N3OS. The minimum Gasteiger partial charge on any atom is -0.493 e. The van der Waals surface area contributed by atoms with Gasteiger partial charge in [-0.05, 0) is 30.7 Å². The third-order valence-corrected chi connectivity index (χ3v) is 3.76. The summed E-state index contributed by atoms with van der Waals surface area (Å²) in [6.45, 7) is 1.23. The number of hydrogen-bond donors (Lipinski definition) is 1. The van der Waals surface area contributed by atoms with Crippen LogP contribution in [-0.4, -0.2) is 6.61 Å². The third-order valence-electron chi connectivity index (χ3n) is 2.77. The fourth-order valence-corrected chi connectivity index (χ4v) is 2.50. The zero-order chi connectivity index (χ0) is 14.9. The topological polar surface area (TPSA) is 68.8 Å². The van der Waals surface area contributed by atoms with E-state index in [1.54, 1.807) is 0 Å². The summed E-state index contributed by atoms with van der Waals surface area (Å²) >= 11 is 1.49. The summed E-state index contributed by atoms with van der Waals surface area (Å²) in [5.74, 6) is 0.793. The molecule has 2 rings (SSSR count). The molecule has 5 heteroatoms. The SMILES string of the molecule is N#CCCCOc1cccc(NCc2ccc(C#N)s2)c1. The lowest BCUT2D eigenvalue weighted by atomic mass is 10.3. The number of anilines is 1. The zero-order valence-corrected chi connectivity index (χ0v) is 12.3. The van der Waals surface area contributed by atoms with Crippen LogP contribution in [0.3, 0.4) is 0 Å². The lowest BCUT2D eigenvalue weighted by Gasteiger charge is -2.08. The molecule has 0 radical (unpaired) electrons. The molecule has 1 aromatic carbocycles. The highest BCUT2D eigenvalue weighted by Gasteiger charge is 2.01. The lowest BCUT2D eigenvalue weighted by Crippen LogP contribution is -1.99. The number of benzene rings is 1. The largest absolute Gasteiger partial charge is 0.493 e. The number of unbranched alkanes of at least 4 members (excludes halogenated alkanes) is 1. The van der Waals surface area contributed by atoms with E-state index in [0.717, 1.165) is 27.6 Å². The summed E-state index contributed by atoms with van der Waals surface area (Å²) in [6.07, 6.45) is 1.25. The summed E-state index contributed by atoms with van der Waals surface area (Å²) in [4.78, 5) is 1.84. The molecule has 0 spiro atoms. The highest BCUT2D eigenvalue weighted by molar-refractivity contribution is 7.12. The molecule has 106 valence electrons. The van der Waals surface area contributed by atoms with Gasteiger partial charge in [0.15, 0.2) is 0 Å². The van der Waals surface area contributed by atoms with Crippen LogP contribution in [0.4, 0.5) is 5.69 Å². The molecule has 21 heavy (non-hydrogen) atoms. The maximum Gasteiger partial charge on any atom is 0.121 e. The first-order chi connectivity index (χ1) is 10.3. The fourth-order valence-electron chi connectivity index (χ4n) is 1.76. The second-order valence-corrected chi connectivity index (χ2v) is 5.54. The van der Waals surface area contributed by atoms with Crippen molar-refractivity contribution >= 4 is 17.0 Å². The molecule has 0 atom stereocenters. The number of hydrogen-bond acceptors (Lipinski definition) is 5. The van der Waals surface area contributed by atoms with Crippen molar-refractivity contribution in [1.29, 1.82) is 10.5 Å². The van der Waals surface area contributed by atoms with Crippen LogP contribution in [0.25, 0.3) is 0 Å². The van der Waals surface area contributed by atoms with E-state index in [-0.39, 0.29) is 0 Å². The first-order valence-electron chi connectivity index (χ1n) is 6.64. The van der Waals surface area contributed by atoms with Gasteiger partial charge in [0.1, 0.15) is 16.7 Å². The maximum absolute atomic E-state index is 8.80. The molecule has 2 aromatic rings. The van der Waals surface area contributed by atoms with Gasteiger partial charge in [0.25, 0.3) is 0 Å². The summed E-state index contributed by atoms with van der Waals surface area (Å²) in [5, 5.41) is 20.6. The van der Waals surface area contributed by atoms with Gasteiger partial charge in [-0.25, -0.2) is 0 Å². The van der Waals surface area contributed by atoms with Crippen molar-refractivity contribution in [1.82, 2.24) is 0 Å². The Morgan fingerprint density at radius 2 is 2.10 bits per heavy atom. The van der Waals surface area contributed by atoms with Gasteiger partial charge in [0, 0.05) is 29.6 Å². The van der Waals surface area contributed by atoms with Crippen LogP contribution in [0.2, 0.25) is 0 Å². The standard InChI is InChI=1S/C16H15N3OS/c17-8-1-2-9-20-14-5-3-4-13(10-14)19-12-16-7-6-15(11-18)21-16/h3-7,10,19H,1-2,9,12H2. The Hall–Kier alpha value is -2.50. The van der Waals surface area contributed by atoms with Gasteiger partial charge < -0.3 is 10.1 Å². The van der Waals surface area contributed by atoms with E-state index >= 15 is 0 Å².